The second-order valence-electron chi connectivity index (χ2n) is 4.62. The Hall–Kier alpha value is -2.91. The molecule has 0 saturated carbocycles. The first-order valence-corrected chi connectivity index (χ1v) is 7.69. The topological polar surface area (TPSA) is 71.1 Å². The van der Waals surface area contributed by atoms with Crippen LogP contribution in [0.5, 0.6) is 0 Å². The number of thiazole rings is 1. The third kappa shape index (κ3) is 5.41. The van der Waals surface area contributed by atoms with E-state index >= 15 is 0 Å². The molecule has 0 aliphatic carbocycles. The Morgan fingerprint density at radius 3 is 2.96 bits per heavy atom. The van der Waals surface area contributed by atoms with Crippen LogP contribution in [0.3, 0.4) is 0 Å². The molecule has 2 rings (SSSR count). The average Bonchev–Trinajstić information content (AvgIpc) is 2.96. The quantitative estimate of drug-likeness (QED) is 0.654. The summed E-state index contributed by atoms with van der Waals surface area (Å²) in [6, 6.07) is 6.93. The molecule has 0 unspecified atom stereocenters. The van der Waals surface area contributed by atoms with Gasteiger partial charge < -0.3 is 10.6 Å². The molecule has 6 heteroatoms. The van der Waals surface area contributed by atoms with Gasteiger partial charge in [-0.1, -0.05) is 12.0 Å². The molecule has 0 bridgehead atoms. The molecule has 1 aromatic heterocycles. The van der Waals surface area contributed by atoms with Crippen molar-refractivity contribution < 1.29 is 9.59 Å². The molecule has 1 heterocycles. The third-order valence-electron chi connectivity index (χ3n) is 2.78. The maximum atomic E-state index is 11.8. The lowest BCUT2D eigenvalue weighted by Crippen LogP contribution is -2.31. The van der Waals surface area contributed by atoms with Crippen LogP contribution in [0, 0.1) is 19.3 Å². The number of anilines is 1. The molecule has 116 valence electrons. The van der Waals surface area contributed by atoms with Gasteiger partial charge in [0.05, 0.1) is 17.2 Å². The molecule has 2 aromatic rings. The normalized spacial score (nSPS) is 10.3. The number of amides is 2. The number of nitrogens with zero attached hydrogens (tertiary/aromatic N) is 1. The molecule has 0 atom stereocenters. The SMILES string of the molecule is C#Cc1cccc(NC(=O)CNC(=O)/C=C\c2csc(C)n2)c1. The predicted octanol–water partition coefficient (Wildman–Crippen LogP) is 2.20. The fourth-order valence-corrected chi connectivity index (χ4v) is 2.32. The van der Waals surface area contributed by atoms with Gasteiger partial charge in [0.25, 0.3) is 0 Å². The fourth-order valence-electron chi connectivity index (χ4n) is 1.74. The summed E-state index contributed by atoms with van der Waals surface area (Å²) >= 11 is 1.51. The second-order valence-corrected chi connectivity index (χ2v) is 5.68. The van der Waals surface area contributed by atoms with E-state index in [0.717, 1.165) is 10.7 Å². The standard InChI is InChI=1S/C17H15N3O2S/c1-3-13-5-4-6-14(9-13)20-17(22)10-18-16(21)8-7-15-11-23-12(2)19-15/h1,4-9,11H,10H2,2H3,(H,18,21)(H,20,22)/b8-7-. The van der Waals surface area contributed by atoms with Crippen molar-refractivity contribution in [1.29, 1.82) is 0 Å². The number of hydrogen-bond donors (Lipinski definition) is 2. The summed E-state index contributed by atoms with van der Waals surface area (Å²) in [5, 5.41) is 7.95. The van der Waals surface area contributed by atoms with Gasteiger partial charge in [-0.25, -0.2) is 4.98 Å². The molecule has 2 N–H and O–H groups in total. The van der Waals surface area contributed by atoms with Crippen LogP contribution in [0.4, 0.5) is 5.69 Å². The molecule has 0 spiro atoms. The van der Waals surface area contributed by atoms with Gasteiger partial charge >= 0.3 is 0 Å². The summed E-state index contributed by atoms with van der Waals surface area (Å²) in [5.41, 5.74) is 1.99. The van der Waals surface area contributed by atoms with Crippen LogP contribution in [-0.2, 0) is 9.59 Å². The number of carbonyl (C=O) groups is 2. The highest BCUT2D eigenvalue weighted by Gasteiger charge is 2.04. The Bertz CT molecular complexity index is 787. The first kappa shape index (κ1) is 16.5. The van der Waals surface area contributed by atoms with Gasteiger partial charge in [-0.3, -0.25) is 9.59 Å². The largest absolute Gasteiger partial charge is 0.343 e. The Morgan fingerprint density at radius 2 is 2.26 bits per heavy atom. The lowest BCUT2D eigenvalue weighted by atomic mass is 10.2. The first-order chi connectivity index (χ1) is 11.1. The van der Waals surface area contributed by atoms with E-state index in [1.165, 1.54) is 17.4 Å². The summed E-state index contributed by atoms with van der Waals surface area (Å²) in [5.74, 6) is 1.80. The number of terminal acetylenes is 1. The van der Waals surface area contributed by atoms with Crippen LogP contribution in [0.15, 0.2) is 35.7 Å². The van der Waals surface area contributed by atoms with Gasteiger partial charge in [-0.2, -0.15) is 0 Å². The second kappa shape index (κ2) is 7.92. The highest BCUT2D eigenvalue weighted by molar-refractivity contribution is 7.09. The Labute approximate surface area is 138 Å². The average molecular weight is 325 g/mol. The number of aromatic nitrogens is 1. The molecule has 2 amide bonds. The van der Waals surface area contributed by atoms with E-state index in [-0.39, 0.29) is 18.4 Å². The summed E-state index contributed by atoms with van der Waals surface area (Å²) < 4.78 is 0. The van der Waals surface area contributed by atoms with E-state index in [1.54, 1.807) is 30.3 Å². The van der Waals surface area contributed by atoms with E-state index in [1.807, 2.05) is 12.3 Å². The smallest absolute Gasteiger partial charge is 0.244 e. The summed E-state index contributed by atoms with van der Waals surface area (Å²) in [6.45, 7) is 1.77. The third-order valence-corrected chi connectivity index (χ3v) is 3.57. The monoisotopic (exact) mass is 325 g/mol. The van der Waals surface area contributed by atoms with Crippen molar-refractivity contribution in [3.05, 3.63) is 52.0 Å². The zero-order valence-electron chi connectivity index (χ0n) is 12.5. The zero-order chi connectivity index (χ0) is 16.7. The van der Waals surface area contributed by atoms with E-state index in [9.17, 15) is 9.59 Å². The van der Waals surface area contributed by atoms with Crippen LogP contribution >= 0.6 is 11.3 Å². The maximum absolute atomic E-state index is 11.8. The van der Waals surface area contributed by atoms with Crippen molar-refractivity contribution in [2.75, 3.05) is 11.9 Å². The van der Waals surface area contributed by atoms with Gasteiger partial charge in [0, 0.05) is 22.7 Å². The van der Waals surface area contributed by atoms with Crippen molar-refractivity contribution in [3.8, 4) is 12.3 Å². The molecule has 0 fully saturated rings. The van der Waals surface area contributed by atoms with Crippen molar-refractivity contribution in [2.45, 2.75) is 6.92 Å². The molecule has 5 nitrogen and oxygen atoms in total. The summed E-state index contributed by atoms with van der Waals surface area (Å²) in [7, 11) is 0. The fraction of sp³-hybridized carbons (Fsp3) is 0.118. The number of benzene rings is 1. The van der Waals surface area contributed by atoms with Gasteiger partial charge in [-0.05, 0) is 31.2 Å². The van der Waals surface area contributed by atoms with Crippen molar-refractivity contribution in [2.24, 2.45) is 0 Å². The van der Waals surface area contributed by atoms with Crippen LogP contribution in [0.25, 0.3) is 6.08 Å². The van der Waals surface area contributed by atoms with Crippen LogP contribution in [0.2, 0.25) is 0 Å². The Kier molecular flexibility index (Phi) is 5.67. The molecule has 0 saturated heterocycles. The minimum Gasteiger partial charge on any atom is -0.343 e. The van der Waals surface area contributed by atoms with Crippen LogP contribution < -0.4 is 10.6 Å². The van der Waals surface area contributed by atoms with Crippen molar-refractivity contribution in [3.63, 3.8) is 0 Å². The van der Waals surface area contributed by atoms with Crippen molar-refractivity contribution in [1.82, 2.24) is 10.3 Å². The number of rotatable bonds is 5. The van der Waals surface area contributed by atoms with Crippen LogP contribution in [0.1, 0.15) is 16.3 Å². The first-order valence-electron chi connectivity index (χ1n) is 6.81. The van der Waals surface area contributed by atoms with E-state index in [2.05, 4.69) is 21.5 Å². The molecule has 1 aromatic carbocycles. The number of carbonyl (C=O) groups excluding carboxylic acids is 2. The van der Waals surface area contributed by atoms with E-state index in [4.69, 9.17) is 6.42 Å². The lowest BCUT2D eigenvalue weighted by Gasteiger charge is -2.06. The molecular formula is C17H15N3O2S. The molecule has 23 heavy (non-hydrogen) atoms. The summed E-state index contributed by atoms with van der Waals surface area (Å²) in [6.07, 6.45) is 8.25. The highest BCUT2D eigenvalue weighted by Crippen LogP contribution is 2.10. The van der Waals surface area contributed by atoms with Gasteiger partial charge in [0.2, 0.25) is 11.8 Å². The van der Waals surface area contributed by atoms with Gasteiger partial charge in [0.1, 0.15) is 0 Å². The van der Waals surface area contributed by atoms with Crippen molar-refractivity contribution >= 4 is 34.9 Å². The predicted molar refractivity (Wildman–Crippen MR) is 91.9 cm³/mol. The Balaban J connectivity index is 1.80. The molecule has 0 aliphatic rings. The molecule has 0 radical (unpaired) electrons. The van der Waals surface area contributed by atoms with Gasteiger partial charge in [-0.15, -0.1) is 17.8 Å². The molecular weight excluding hydrogens is 310 g/mol. The van der Waals surface area contributed by atoms with E-state index < -0.39 is 0 Å². The molecule has 0 aliphatic heterocycles. The Morgan fingerprint density at radius 1 is 1.43 bits per heavy atom. The van der Waals surface area contributed by atoms with E-state index in [0.29, 0.717) is 11.3 Å². The number of nitrogens with one attached hydrogen (secondary N) is 2. The van der Waals surface area contributed by atoms with Gasteiger partial charge in [0.15, 0.2) is 0 Å². The number of aryl methyl sites for hydroxylation is 1. The van der Waals surface area contributed by atoms with Crippen LogP contribution in [-0.4, -0.2) is 23.3 Å². The summed E-state index contributed by atoms with van der Waals surface area (Å²) in [4.78, 5) is 27.6. The highest BCUT2D eigenvalue weighted by atomic mass is 32.1. The number of hydrogen-bond acceptors (Lipinski definition) is 4. The maximum Gasteiger partial charge on any atom is 0.244 e. The minimum absolute atomic E-state index is 0.125. The lowest BCUT2D eigenvalue weighted by molar-refractivity contribution is -0.121. The minimum atomic E-state index is -0.358. The zero-order valence-corrected chi connectivity index (χ0v) is 13.3.